The number of nitrogens with zero attached hydrogens (tertiary/aromatic N) is 2. The van der Waals surface area contributed by atoms with Crippen LogP contribution in [-0.4, -0.2) is 54.6 Å². The second-order valence-electron chi connectivity index (χ2n) is 6.93. The topological polar surface area (TPSA) is 87.7 Å². The Morgan fingerprint density at radius 3 is 2.62 bits per heavy atom. The summed E-state index contributed by atoms with van der Waals surface area (Å²) < 4.78 is 7.90. The van der Waals surface area contributed by atoms with Crippen molar-refractivity contribution in [1.82, 2.24) is 9.78 Å². The van der Waals surface area contributed by atoms with Crippen LogP contribution in [0.4, 0.5) is 0 Å². The molecule has 4 atom stereocenters. The highest BCUT2D eigenvalue weighted by molar-refractivity contribution is 7.99. The van der Waals surface area contributed by atoms with Crippen molar-refractivity contribution in [3.8, 4) is 22.7 Å². The van der Waals surface area contributed by atoms with E-state index < -0.39 is 23.7 Å². The Hall–Kier alpha value is -2.03. The quantitative estimate of drug-likeness (QED) is 0.587. The average molecular weight is 433 g/mol. The molecular weight excluding hydrogens is 412 g/mol. The molecule has 3 N–H and O–H groups in total. The number of thioether (sulfide) groups is 1. The Morgan fingerprint density at radius 1 is 1.10 bits per heavy atom. The van der Waals surface area contributed by atoms with Gasteiger partial charge < -0.3 is 20.1 Å². The molecular formula is C21H21ClN2O4S. The lowest BCUT2D eigenvalue weighted by Crippen LogP contribution is -2.50. The number of ether oxygens (including phenoxy) is 1. The molecule has 0 bridgehead atoms. The van der Waals surface area contributed by atoms with E-state index >= 15 is 0 Å². The van der Waals surface area contributed by atoms with Crippen molar-refractivity contribution < 1.29 is 20.1 Å². The van der Waals surface area contributed by atoms with Crippen molar-refractivity contribution in [2.24, 2.45) is 0 Å². The van der Waals surface area contributed by atoms with E-state index in [4.69, 9.17) is 16.3 Å². The summed E-state index contributed by atoms with van der Waals surface area (Å²) in [6, 6.07) is 15.2. The molecule has 2 aromatic carbocycles. The number of hydrogen-bond donors (Lipinski definition) is 3. The number of hydrogen-bond acceptors (Lipinski definition) is 6. The van der Waals surface area contributed by atoms with Crippen molar-refractivity contribution in [1.29, 1.82) is 0 Å². The Morgan fingerprint density at radius 2 is 1.86 bits per heavy atom. The molecule has 0 unspecified atom stereocenters. The van der Waals surface area contributed by atoms with Crippen molar-refractivity contribution in [2.75, 3.05) is 5.75 Å². The smallest absolute Gasteiger partial charge is 0.173 e. The summed E-state index contributed by atoms with van der Waals surface area (Å²) in [4.78, 5) is 0. The normalized spacial score (nSPS) is 24.4. The maximum absolute atomic E-state index is 10.3. The Balaban J connectivity index is 1.74. The third kappa shape index (κ3) is 4.01. The second kappa shape index (κ2) is 8.38. The van der Waals surface area contributed by atoms with Gasteiger partial charge in [0.05, 0.1) is 23.7 Å². The standard InChI is InChI=1S/C21H21ClN2O4S/c1-12-9-18(28-21-20(27)19(26)17(25)11-29-21)14(10-15(12)22)16-7-8-23-24(16)13-5-3-2-4-6-13/h2-10,17,19-21,25-27H,11H2,1H3/t17-,19+,20-,21-/m1/s1. The van der Waals surface area contributed by atoms with Crippen LogP contribution >= 0.6 is 23.4 Å². The first kappa shape index (κ1) is 20.3. The van der Waals surface area contributed by atoms with E-state index in [1.165, 1.54) is 11.8 Å². The molecule has 0 aliphatic carbocycles. The molecule has 0 radical (unpaired) electrons. The van der Waals surface area contributed by atoms with Crippen molar-refractivity contribution in [3.63, 3.8) is 0 Å². The van der Waals surface area contributed by atoms with Crippen LogP contribution in [0.15, 0.2) is 54.7 Å². The Labute approximate surface area is 177 Å². The van der Waals surface area contributed by atoms with Crippen LogP contribution in [0.2, 0.25) is 5.02 Å². The molecule has 2 heterocycles. The largest absolute Gasteiger partial charge is 0.476 e. The summed E-state index contributed by atoms with van der Waals surface area (Å²) in [5.41, 5.74) is 2.49. The Bertz CT molecular complexity index is 998. The lowest BCUT2D eigenvalue weighted by molar-refractivity contribution is -0.0785. The summed E-state index contributed by atoms with van der Waals surface area (Å²) >= 11 is 7.66. The SMILES string of the molecule is Cc1cc(O[C@@H]2SC[C@@H](O)[C@H](O)[C@H]2O)c(-c2ccnn2-c2ccccc2)cc1Cl. The van der Waals surface area contributed by atoms with Crippen molar-refractivity contribution in [3.05, 3.63) is 65.3 Å². The van der Waals surface area contributed by atoms with Crippen molar-refractivity contribution in [2.45, 2.75) is 30.7 Å². The molecule has 3 aromatic rings. The molecule has 8 heteroatoms. The third-order valence-corrected chi connectivity index (χ3v) is 6.52. The molecule has 1 fully saturated rings. The number of halogens is 1. The van der Waals surface area contributed by atoms with Crippen LogP contribution in [0, 0.1) is 6.92 Å². The third-order valence-electron chi connectivity index (χ3n) is 4.88. The van der Waals surface area contributed by atoms with Gasteiger partial charge in [-0.2, -0.15) is 5.10 Å². The minimum Gasteiger partial charge on any atom is -0.476 e. The molecule has 29 heavy (non-hydrogen) atoms. The molecule has 0 saturated carbocycles. The minimum atomic E-state index is -1.26. The lowest BCUT2D eigenvalue weighted by Gasteiger charge is -2.35. The summed E-state index contributed by atoms with van der Waals surface area (Å²) in [7, 11) is 0. The first-order chi connectivity index (χ1) is 14.0. The van der Waals surface area contributed by atoms with Gasteiger partial charge in [-0.1, -0.05) is 29.8 Å². The van der Waals surface area contributed by atoms with Gasteiger partial charge in [-0.05, 0) is 42.8 Å². The predicted molar refractivity (Wildman–Crippen MR) is 114 cm³/mol. The zero-order valence-electron chi connectivity index (χ0n) is 15.6. The van der Waals surface area contributed by atoms with E-state index in [1.54, 1.807) is 10.9 Å². The van der Waals surface area contributed by atoms with Crippen LogP contribution in [0.25, 0.3) is 16.9 Å². The molecule has 152 valence electrons. The van der Waals surface area contributed by atoms with E-state index in [0.717, 1.165) is 22.5 Å². The van der Waals surface area contributed by atoms with E-state index in [9.17, 15) is 15.3 Å². The van der Waals surface area contributed by atoms with Gasteiger partial charge >= 0.3 is 0 Å². The molecule has 1 aromatic heterocycles. The lowest BCUT2D eigenvalue weighted by atomic mass is 10.1. The van der Waals surface area contributed by atoms with Crippen LogP contribution in [-0.2, 0) is 0 Å². The highest BCUT2D eigenvalue weighted by Gasteiger charge is 2.39. The van der Waals surface area contributed by atoms with Gasteiger partial charge in [-0.15, -0.1) is 11.8 Å². The average Bonchev–Trinajstić information content (AvgIpc) is 3.21. The van der Waals surface area contributed by atoms with E-state index in [2.05, 4.69) is 5.10 Å². The maximum Gasteiger partial charge on any atom is 0.173 e. The van der Waals surface area contributed by atoms with E-state index in [-0.39, 0.29) is 5.75 Å². The van der Waals surface area contributed by atoms with Gasteiger partial charge in [0.15, 0.2) is 5.44 Å². The van der Waals surface area contributed by atoms with Gasteiger partial charge in [-0.25, -0.2) is 4.68 Å². The van der Waals surface area contributed by atoms with E-state index in [0.29, 0.717) is 10.8 Å². The van der Waals surface area contributed by atoms with Gasteiger partial charge in [0.2, 0.25) is 0 Å². The van der Waals surface area contributed by atoms with Crippen LogP contribution in [0.3, 0.4) is 0 Å². The van der Waals surface area contributed by atoms with Gasteiger partial charge in [0.25, 0.3) is 0 Å². The van der Waals surface area contributed by atoms with Crippen molar-refractivity contribution >= 4 is 23.4 Å². The minimum absolute atomic E-state index is 0.271. The number of aromatic nitrogens is 2. The first-order valence-electron chi connectivity index (χ1n) is 9.18. The molecule has 1 aliphatic heterocycles. The molecule has 0 amide bonds. The molecule has 1 aliphatic rings. The summed E-state index contributed by atoms with van der Waals surface area (Å²) in [5, 5.41) is 35.1. The molecule has 6 nitrogen and oxygen atoms in total. The number of benzene rings is 2. The van der Waals surface area contributed by atoms with Gasteiger partial charge in [0, 0.05) is 16.3 Å². The van der Waals surface area contributed by atoms with Crippen LogP contribution in [0.5, 0.6) is 5.75 Å². The highest BCUT2D eigenvalue weighted by Crippen LogP contribution is 2.38. The zero-order valence-corrected chi connectivity index (χ0v) is 17.2. The number of aliphatic hydroxyl groups is 3. The number of aliphatic hydroxyl groups excluding tert-OH is 3. The number of rotatable bonds is 4. The monoisotopic (exact) mass is 432 g/mol. The zero-order chi connectivity index (χ0) is 20.5. The van der Waals surface area contributed by atoms with Gasteiger partial charge in [0.1, 0.15) is 18.0 Å². The second-order valence-corrected chi connectivity index (χ2v) is 8.47. The summed E-state index contributed by atoms with van der Waals surface area (Å²) in [6.45, 7) is 1.87. The summed E-state index contributed by atoms with van der Waals surface area (Å²) in [6.07, 6.45) is -1.76. The van der Waals surface area contributed by atoms with Crippen LogP contribution < -0.4 is 4.74 Å². The molecule has 4 rings (SSSR count). The molecule has 0 spiro atoms. The fraction of sp³-hybridized carbons (Fsp3) is 0.286. The predicted octanol–water partition coefficient (Wildman–Crippen LogP) is 3.04. The van der Waals surface area contributed by atoms with E-state index in [1.807, 2.05) is 55.5 Å². The fourth-order valence-electron chi connectivity index (χ4n) is 3.24. The fourth-order valence-corrected chi connectivity index (χ4v) is 4.52. The maximum atomic E-state index is 10.3. The Kier molecular flexibility index (Phi) is 5.85. The molecule has 1 saturated heterocycles. The number of aryl methyl sites for hydroxylation is 1. The van der Waals surface area contributed by atoms with Crippen LogP contribution in [0.1, 0.15) is 5.56 Å². The number of para-hydroxylation sites is 1. The highest BCUT2D eigenvalue weighted by atomic mass is 35.5. The summed E-state index contributed by atoms with van der Waals surface area (Å²) in [5.74, 6) is 0.789. The first-order valence-corrected chi connectivity index (χ1v) is 10.6. The van der Waals surface area contributed by atoms with Gasteiger partial charge in [-0.3, -0.25) is 0 Å².